The highest BCUT2D eigenvalue weighted by Crippen LogP contribution is 2.30. The number of anilines is 1. The highest BCUT2D eigenvalue weighted by molar-refractivity contribution is 7.92. The first kappa shape index (κ1) is 15.6. The minimum absolute atomic E-state index is 0.0524. The summed E-state index contributed by atoms with van der Waals surface area (Å²) in [5.41, 5.74) is -0.179. The van der Waals surface area contributed by atoms with Crippen LogP contribution in [0.2, 0.25) is 10.0 Å². The topological polar surface area (TPSA) is 101 Å². The molecule has 10 heteroatoms. The second-order valence-corrected chi connectivity index (χ2v) is 6.54. The van der Waals surface area contributed by atoms with Crippen LogP contribution >= 0.6 is 23.2 Å². The lowest BCUT2D eigenvalue weighted by Crippen LogP contribution is -2.14. The van der Waals surface area contributed by atoms with Crippen LogP contribution in [0.4, 0.5) is 5.69 Å². The zero-order valence-corrected chi connectivity index (χ0v) is 12.9. The van der Waals surface area contributed by atoms with Gasteiger partial charge in [0.15, 0.2) is 0 Å². The molecule has 0 aliphatic carbocycles. The van der Waals surface area contributed by atoms with Crippen LogP contribution in [0.25, 0.3) is 0 Å². The standard InChI is InChI=1S/C11H9Cl2N3O4S/c1-16-5-7(4-14-16)15-21(19,20)9-3-6(12)2-8(10(9)13)11(17)18/h2-5,15H,1H3,(H,17,18). The summed E-state index contributed by atoms with van der Waals surface area (Å²) in [4.78, 5) is 10.6. The molecule has 112 valence electrons. The van der Waals surface area contributed by atoms with Crippen LogP contribution in [0.3, 0.4) is 0 Å². The average Bonchev–Trinajstić information content (AvgIpc) is 2.76. The van der Waals surface area contributed by atoms with Gasteiger partial charge in [-0.1, -0.05) is 23.2 Å². The number of carbonyl (C=O) groups is 1. The number of hydrogen-bond acceptors (Lipinski definition) is 4. The first-order valence-electron chi connectivity index (χ1n) is 5.44. The molecule has 1 aromatic heterocycles. The van der Waals surface area contributed by atoms with E-state index in [-0.39, 0.29) is 10.7 Å². The quantitative estimate of drug-likeness (QED) is 0.881. The third kappa shape index (κ3) is 3.29. The van der Waals surface area contributed by atoms with E-state index in [0.29, 0.717) is 0 Å². The fourth-order valence-electron chi connectivity index (χ4n) is 1.60. The largest absolute Gasteiger partial charge is 0.478 e. The van der Waals surface area contributed by atoms with E-state index < -0.39 is 31.5 Å². The molecule has 7 nitrogen and oxygen atoms in total. The zero-order valence-electron chi connectivity index (χ0n) is 10.5. The number of carboxylic acid groups (broad SMARTS) is 1. The Balaban J connectivity index is 2.52. The van der Waals surface area contributed by atoms with E-state index >= 15 is 0 Å². The number of sulfonamides is 1. The SMILES string of the molecule is Cn1cc(NS(=O)(=O)c2cc(Cl)cc(C(=O)O)c2Cl)cn1. The molecular formula is C11H9Cl2N3O4S. The van der Waals surface area contributed by atoms with Gasteiger partial charge in [0.1, 0.15) is 4.90 Å². The van der Waals surface area contributed by atoms with Crippen molar-refractivity contribution in [1.82, 2.24) is 9.78 Å². The molecule has 0 atom stereocenters. The lowest BCUT2D eigenvalue weighted by Gasteiger charge is -2.10. The number of aromatic carboxylic acids is 1. The molecule has 0 saturated carbocycles. The summed E-state index contributed by atoms with van der Waals surface area (Å²) >= 11 is 11.6. The van der Waals surface area contributed by atoms with E-state index in [9.17, 15) is 13.2 Å². The molecule has 0 spiro atoms. The number of hydrogen-bond donors (Lipinski definition) is 2. The van der Waals surface area contributed by atoms with Crippen LogP contribution in [-0.2, 0) is 17.1 Å². The molecule has 0 fully saturated rings. The van der Waals surface area contributed by atoms with Gasteiger partial charge < -0.3 is 5.11 Å². The highest BCUT2D eigenvalue weighted by atomic mass is 35.5. The van der Waals surface area contributed by atoms with Crippen molar-refractivity contribution < 1.29 is 18.3 Å². The molecule has 2 aromatic rings. The predicted octanol–water partition coefficient (Wildman–Crippen LogP) is 2.23. The van der Waals surface area contributed by atoms with E-state index in [1.807, 2.05) is 0 Å². The monoisotopic (exact) mass is 349 g/mol. The van der Waals surface area contributed by atoms with Crippen molar-refractivity contribution in [2.45, 2.75) is 4.90 Å². The number of carboxylic acids is 1. The number of nitrogens with zero attached hydrogens (tertiary/aromatic N) is 2. The van der Waals surface area contributed by atoms with Gasteiger partial charge in [-0.3, -0.25) is 9.40 Å². The fraction of sp³-hybridized carbons (Fsp3) is 0.0909. The Morgan fingerprint density at radius 3 is 2.57 bits per heavy atom. The Morgan fingerprint density at radius 1 is 1.38 bits per heavy atom. The molecule has 0 unspecified atom stereocenters. The van der Waals surface area contributed by atoms with Crippen LogP contribution < -0.4 is 4.72 Å². The number of aryl methyl sites for hydroxylation is 1. The van der Waals surface area contributed by atoms with Crippen LogP contribution in [0.15, 0.2) is 29.4 Å². The summed E-state index contributed by atoms with van der Waals surface area (Å²) in [5, 5.41) is 12.4. The van der Waals surface area contributed by atoms with Crippen molar-refractivity contribution in [2.24, 2.45) is 7.05 Å². The van der Waals surface area contributed by atoms with Crippen molar-refractivity contribution in [3.8, 4) is 0 Å². The summed E-state index contributed by atoms with van der Waals surface area (Å²) in [6.07, 6.45) is 2.74. The molecule has 0 radical (unpaired) electrons. The second kappa shape index (κ2) is 5.55. The van der Waals surface area contributed by atoms with Crippen molar-refractivity contribution >= 4 is 44.9 Å². The number of aromatic nitrogens is 2. The molecule has 0 amide bonds. The number of rotatable bonds is 4. The van der Waals surface area contributed by atoms with E-state index in [1.54, 1.807) is 7.05 Å². The van der Waals surface area contributed by atoms with Crippen LogP contribution in [0.1, 0.15) is 10.4 Å². The Labute approximate surface area is 130 Å². The Kier molecular flexibility index (Phi) is 4.13. The maximum Gasteiger partial charge on any atom is 0.337 e. The van der Waals surface area contributed by atoms with Crippen molar-refractivity contribution in [3.05, 3.63) is 40.1 Å². The van der Waals surface area contributed by atoms with Crippen molar-refractivity contribution in [2.75, 3.05) is 4.72 Å². The predicted molar refractivity (Wildman–Crippen MR) is 77.4 cm³/mol. The summed E-state index contributed by atoms with van der Waals surface area (Å²) < 4.78 is 28.2. The minimum Gasteiger partial charge on any atom is -0.478 e. The lowest BCUT2D eigenvalue weighted by atomic mass is 10.2. The zero-order chi connectivity index (χ0) is 15.8. The van der Waals surface area contributed by atoms with Crippen LogP contribution in [-0.4, -0.2) is 29.3 Å². The lowest BCUT2D eigenvalue weighted by molar-refractivity contribution is 0.0697. The van der Waals surface area contributed by atoms with Crippen LogP contribution in [0.5, 0.6) is 0 Å². The third-order valence-electron chi connectivity index (χ3n) is 2.48. The molecule has 2 N–H and O–H groups in total. The maximum absolute atomic E-state index is 12.3. The summed E-state index contributed by atoms with van der Waals surface area (Å²) in [5.74, 6) is -1.37. The maximum atomic E-state index is 12.3. The smallest absolute Gasteiger partial charge is 0.337 e. The first-order valence-corrected chi connectivity index (χ1v) is 7.68. The van der Waals surface area contributed by atoms with E-state index in [1.165, 1.54) is 17.1 Å². The van der Waals surface area contributed by atoms with Gasteiger partial charge in [-0.15, -0.1) is 0 Å². The Hall–Kier alpha value is -1.77. The van der Waals surface area contributed by atoms with Crippen LogP contribution in [0, 0.1) is 0 Å². The summed E-state index contributed by atoms with van der Waals surface area (Å²) in [6.45, 7) is 0. The van der Waals surface area contributed by atoms with Crippen molar-refractivity contribution in [3.63, 3.8) is 0 Å². The molecule has 21 heavy (non-hydrogen) atoms. The fourth-order valence-corrected chi connectivity index (χ4v) is 3.53. The van der Waals surface area contributed by atoms with Gasteiger partial charge in [-0.2, -0.15) is 5.10 Å². The molecule has 1 heterocycles. The molecule has 1 aromatic carbocycles. The van der Waals surface area contributed by atoms with Gasteiger partial charge in [0.2, 0.25) is 0 Å². The van der Waals surface area contributed by atoms with E-state index in [0.717, 1.165) is 12.1 Å². The van der Waals surface area contributed by atoms with Crippen molar-refractivity contribution in [1.29, 1.82) is 0 Å². The third-order valence-corrected chi connectivity index (χ3v) is 4.62. The number of benzene rings is 1. The van der Waals surface area contributed by atoms with Gasteiger partial charge in [0.05, 0.1) is 22.5 Å². The summed E-state index contributed by atoms with van der Waals surface area (Å²) in [6, 6.07) is 2.16. The Bertz CT molecular complexity index is 817. The summed E-state index contributed by atoms with van der Waals surface area (Å²) in [7, 11) is -2.47. The molecule has 0 saturated heterocycles. The second-order valence-electron chi connectivity index (χ2n) is 4.08. The minimum atomic E-state index is -4.09. The van der Waals surface area contributed by atoms with Gasteiger partial charge in [0, 0.05) is 18.3 Å². The Morgan fingerprint density at radius 2 is 2.05 bits per heavy atom. The normalized spacial score (nSPS) is 11.4. The molecule has 0 aliphatic heterocycles. The molecule has 0 bridgehead atoms. The van der Waals surface area contributed by atoms with Gasteiger partial charge in [-0.25, -0.2) is 13.2 Å². The first-order chi connectivity index (χ1) is 9.70. The van der Waals surface area contributed by atoms with E-state index in [4.69, 9.17) is 28.3 Å². The highest BCUT2D eigenvalue weighted by Gasteiger charge is 2.24. The number of halogens is 2. The van der Waals surface area contributed by atoms with E-state index in [2.05, 4.69) is 9.82 Å². The molecule has 0 aliphatic rings. The van der Waals surface area contributed by atoms with Gasteiger partial charge in [0.25, 0.3) is 10.0 Å². The molecule has 2 rings (SSSR count). The van der Waals surface area contributed by atoms with Gasteiger partial charge in [-0.05, 0) is 12.1 Å². The van der Waals surface area contributed by atoms with Gasteiger partial charge >= 0.3 is 5.97 Å². The number of nitrogens with one attached hydrogen (secondary N) is 1. The average molecular weight is 350 g/mol. The molecular weight excluding hydrogens is 341 g/mol.